The minimum atomic E-state index is -0.985. The molecule has 0 fully saturated rings. The Morgan fingerprint density at radius 3 is 2.55 bits per heavy atom. The number of hydrogen-bond donors (Lipinski definition) is 1. The Hall–Kier alpha value is -2.80. The first-order chi connectivity index (χ1) is 13.9. The molecule has 4 aliphatic heterocycles. The smallest absolute Gasteiger partial charge is 0.231 e. The van der Waals surface area contributed by atoms with E-state index in [0.717, 1.165) is 33.9 Å². The first kappa shape index (κ1) is 17.1. The third-order valence-corrected chi connectivity index (χ3v) is 6.23. The molecule has 0 spiro atoms. The predicted molar refractivity (Wildman–Crippen MR) is 102 cm³/mol. The number of aliphatic hydroxyl groups is 1. The topological polar surface area (TPSA) is 75.6 Å². The van der Waals surface area contributed by atoms with Crippen LogP contribution in [0.3, 0.4) is 0 Å². The molecular weight excluding hydrogens is 376 g/mol. The third kappa shape index (κ3) is 2.34. The van der Waals surface area contributed by atoms with Crippen LogP contribution in [-0.2, 0) is 6.42 Å². The summed E-state index contributed by atoms with van der Waals surface area (Å²) in [7, 11) is 1.61. The maximum Gasteiger partial charge on any atom is 0.231 e. The molecule has 7 heteroatoms. The van der Waals surface area contributed by atoms with Gasteiger partial charge in [0, 0.05) is 35.2 Å². The van der Waals surface area contributed by atoms with Gasteiger partial charge in [-0.25, -0.2) is 0 Å². The van der Waals surface area contributed by atoms with E-state index in [4.69, 9.17) is 28.4 Å². The van der Waals surface area contributed by atoms with E-state index < -0.39 is 5.60 Å². The van der Waals surface area contributed by atoms with Crippen molar-refractivity contribution in [2.75, 3.05) is 20.5 Å². The molecule has 0 aliphatic carbocycles. The van der Waals surface area contributed by atoms with Gasteiger partial charge in [-0.05, 0) is 19.9 Å². The van der Waals surface area contributed by atoms with Gasteiger partial charge in [0.05, 0.1) is 25.2 Å². The number of fused-ring (bicyclic) bond motifs is 8. The average Bonchev–Trinajstić information content (AvgIpc) is 3.40. The van der Waals surface area contributed by atoms with Gasteiger partial charge in [0.15, 0.2) is 23.0 Å². The SMILES string of the molecule is COc1cc2c(c3c1OC(C(C)(C)O)C3)[C@@H]1Oc3cc4c(cc3[C@@H]1CO2)OCO4. The fraction of sp³-hybridized carbons (Fsp3) is 0.455. The molecule has 29 heavy (non-hydrogen) atoms. The Morgan fingerprint density at radius 1 is 1.00 bits per heavy atom. The average molecular weight is 398 g/mol. The maximum atomic E-state index is 10.5. The fourth-order valence-electron chi connectivity index (χ4n) is 4.69. The minimum absolute atomic E-state index is 0.0469. The lowest BCUT2D eigenvalue weighted by Crippen LogP contribution is -2.39. The van der Waals surface area contributed by atoms with Crippen molar-refractivity contribution < 1.29 is 33.5 Å². The molecule has 0 bridgehead atoms. The Bertz CT molecular complexity index is 1020. The van der Waals surface area contributed by atoms with Crippen molar-refractivity contribution in [1.82, 2.24) is 0 Å². The molecular formula is C22H22O7. The number of benzene rings is 2. The van der Waals surface area contributed by atoms with Gasteiger partial charge in [-0.3, -0.25) is 0 Å². The van der Waals surface area contributed by atoms with E-state index in [1.54, 1.807) is 21.0 Å². The van der Waals surface area contributed by atoms with Crippen LogP contribution in [-0.4, -0.2) is 37.3 Å². The summed E-state index contributed by atoms with van der Waals surface area (Å²) in [4.78, 5) is 0. The van der Waals surface area contributed by atoms with Crippen molar-refractivity contribution in [2.24, 2.45) is 0 Å². The van der Waals surface area contributed by atoms with Crippen LogP contribution in [0.5, 0.6) is 34.5 Å². The van der Waals surface area contributed by atoms with E-state index in [0.29, 0.717) is 30.3 Å². The summed E-state index contributed by atoms with van der Waals surface area (Å²) in [5.74, 6) is 4.30. The van der Waals surface area contributed by atoms with Crippen LogP contribution < -0.4 is 28.4 Å². The van der Waals surface area contributed by atoms with Crippen molar-refractivity contribution in [1.29, 1.82) is 0 Å². The molecule has 0 saturated carbocycles. The molecule has 0 saturated heterocycles. The Morgan fingerprint density at radius 2 is 1.79 bits per heavy atom. The molecule has 2 aromatic carbocycles. The summed E-state index contributed by atoms with van der Waals surface area (Å²) in [6.45, 7) is 4.24. The number of methoxy groups -OCH3 is 1. The van der Waals surface area contributed by atoms with Crippen LogP contribution in [0, 0.1) is 0 Å². The highest BCUT2D eigenvalue weighted by atomic mass is 16.7. The number of rotatable bonds is 2. The van der Waals surface area contributed by atoms with Crippen molar-refractivity contribution in [3.63, 3.8) is 0 Å². The molecule has 1 unspecified atom stereocenters. The first-order valence-electron chi connectivity index (χ1n) is 9.80. The van der Waals surface area contributed by atoms with E-state index in [1.165, 1.54) is 0 Å². The molecule has 6 rings (SSSR count). The highest BCUT2D eigenvalue weighted by Gasteiger charge is 2.47. The molecule has 7 nitrogen and oxygen atoms in total. The summed E-state index contributed by atoms with van der Waals surface area (Å²) in [6, 6.07) is 5.75. The highest BCUT2D eigenvalue weighted by molar-refractivity contribution is 5.64. The summed E-state index contributed by atoms with van der Waals surface area (Å²) in [6.07, 6.45) is 0.000597. The molecule has 4 aliphatic rings. The molecule has 0 amide bonds. The maximum absolute atomic E-state index is 10.5. The van der Waals surface area contributed by atoms with Gasteiger partial charge in [-0.15, -0.1) is 0 Å². The van der Waals surface area contributed by atoms with Crippen molar-refractivity contribution in [3.8, 4) is 34.5 Å². The van der Waals surface area contributed by atoms with Gasteiger partial charge in [0.1, 0.15) is 23.7 Å². The van der Waals surface area contributed by atoms with Crippen molar-refractivity contribution in [2.45, 2.75) is 44.0 Å². The summed E-state index contributed by atoms with van der Waals surface area (Å²) >= 11 is 0. The monoisotopic (exact) mass is 398 g/mol. The zero-order valence-corrected chi connectivity index (χ0v) is 16.5. The summed E-state index contributed by atoms with van der Waals surface area (Å²) in [5, 5.41) is 10.5. The number of ether oxygens (including phenoxy) is 6. The molecule has 152 valence electrons. The van der Waals surface area contributed by atoms with Crippen LogP contribution in [0.15, 0.2) is 18.2 Å². The molecule has 1 N–H and O–H groups in total. The van der Waals surface area contributed by atoms with Crippen molar-refractivity contribution >= 4 is 0 Å². The zero-order chi connectivity index (χ0) is 19.9. The van der Waals surface area contributed by atoms with E-state index in [-0.39, 0.29) is 24.9 Å². The van der Waals surface area contributed by atoms with Crippen LogP contribution >= 0.6 is 0 Å². The fourth-order valence-corrected chi connectivity index (χ4v) is 4.69. The van der Waals surface area contributed by atoms with Gasteiger partial charge in [-0.1, -0.05) is 0 Å². The third-order valence-electron chi connectivity index (χ3n) is 6.23. The second-order valence-electron chi connectivity index (χ2n) is 8.46. The largest absolute Gasteiger partial charge is 0.493 e. The van der Waals surface area contributed by atoms with E-state index in [2.05, 4.69) is 0 Å². The second-order valence-corrected chi connectivity index (χ2v) is 8.46. The Balaban J connectivity index is 1.46. The van der Waals surface area contributed by atoms with Gasteiger partial charge in [0.25, 0.3) is 0 Å². The Kier molecular flexibility index (Phi) is 3.32. The van der Waals surface area contributed by atoms with Crippen LogP contribution in [0.1, 0.15) is 42.6 Å². The van der Waals surface area contributed by atoms with E-state index in [1.807, 2.05) is 18.2 Å². The lowest BCUT2D eigenvalue weighted by Gasteiger charge is -2.30. The molecule has 2 aromatic rings. The van der Waals surface area contributed by atoms with Crippen LogP contribution in [0.4, 0.5) is 0 Å². The van der Waals surface area contributed by atoms with Gasteiger partial charge in [-0.2, -0.15) is 0 Å². The van der Waals surface area contributed by atoms with Gasteiger partial charge >= 0.3 is 0 Å². The lowest BCUT2D eigenvalue weighted by atomic mass is 9.85. The zero-order valence-electron chi connectivity index (χ0n) is 16.5. The Labute approximate surface area is 168 Å². The normalized spacial score (nSPS) is 25.2. The first-order valence-corrected chi connectivity index (χ1v) is 9.80. The predicted octanol–water partition coefficient (Wildman–Crippen LogP) is 3.11. The molecule has 0 aromatic heterocycles. The van der Waals surface area contributed by atoms with Crippen LogP contribution in [0.25, 0.3) is 0 Å². The second kappa shape index (κ2) is 5.63. The minimum Gasteiger partial charge on any atom is -0.493 e. The summed E-state index contributed by atoms with van der Waals surface area (Å²) in [5.41, 5.74) is 2.03. The molecule has 0 radical (unpaired) electrons. The van der Waals surface area contributed by atoms with Crippen molar-refractivity contribution in [3.05, 3.63) is 34.9 Å². The quantitative estimate of drug-likeness (QED) is 0.833. The summed E-state index contributed by atoms with van der Waals surface area (Å²) < 4.78 is 35.3. The molecule has 3 atom stereocenters. The lowest BCUT2D eigenvalue weighted by molar-refractivity contribution is -0.0236. The standard InChI is InChI=1S/C22H22O7/c1-22(2,23)18-5-11-19-16(7-17(24-3)20(11)29-18)25-8-12-10-4-14-15(27-9-26-14)6-13(10)28-21(12)19/h4,6-7,12,18,21,23H,5,8-9H2,1-3H3/t12-,18?,21+/m0/s1. The van der Waals surface area contributed by atoms with Crippen LogP contribution in [0.2, 0.25) is 0 Å². The van der Waals surface area contributed by atoms with Gasteiger partial charge < -0.3 is 33.5 Å². The number of hydrogen-bond acceptors (Lipinski definition) is 7. The molecule has 4 heterocycles. The van der Waals surface area contributed by atoms with Gasteiger partial charge in [0.2, 0.25) is 6.79 Å². The van der Waals surface area contributed by atoms with E-state index in [9.17, 15) is 5.11 Å². The highest BCUT2D eigenvalue weighted by Crippen LogP contribution is 2.58. The van der Waals surface area contributed by atoms with E-state index >= 15 is 0 Å².